The van der Waals surface area contributed by atoms with E-state index in [9.17, 15) is 14.0 Å². The normalized spacial score (nSPS) is 15.7. The van der Waals surface area contributed by atoms with Crippen LogP contribution in [0.15, 0.2) is 72.8 Å². The van der Waals surface area contributed by atoms with Gasteiger partial charge in [0.25, 0.3) is 5.91 Å². The number of carbonyl (C=O) groups is 2. The van der Waals surface area contributed by atoms with Gasteiger partial charge < -0.3 is 15.5 Å². The largest absolute Gasteiger partial charge is 0.348 e. The maximum absolute atomic E-state index is 13.3. The van der Waals surface area contributed by atoms with Gasteiger partial charge in [0.2, 0.25) is 0 Å². The third-order valence-electron chi connectivity index (χ3n) is 5.77. The maximum atomic E-state index is 13.3. The lowest BCUT2D eigenvalue weighted by Gasteiger charge is -2.33. The summed E-state index contributed by atoms with van der Waals surface area (Å²) in [7, 11) is 0. The summed E-state index contributed by atoms with van der Waals surface area (Å²) in [5.74, 6) is -0.398. The fourth-order valence-electron chi connectivity index (χ4n) is 4.03. The zero-order valence-electron chi connectivity index (χ0n) is 18.1. The van der Waals surface area contributed by atoms with Crippen molar-refractivity contribution in [1.29, 1.82) is 0 Å². The Hall–Kier alpha value is -3.38. The molecule has 5 nitrogen and oxygen atoms in total. The Morgan fingerprint density at radius 2 is 1.82 bits per heavy atom. The number of piperidine rings is 1. The number of anilines is 1. The second kappa shape index (κ2) is 10.5. The Kier molecular flexibility index (Phi) is 7.25. The van der Waals surface area contributed by atoms with Crippen molar-refractivity contribution < 1.29 is 14.0 Å². The molecule has 1 atom stereocenters. The minimum Gasteiger partial charge on any atom is -0.348 e. The first-order valence-electron chi connectivity index (χ1n) is 10.9. The first-order valence-corrected chi connectivity index (χ1v) is 11.3. The molecule has 0 aromatic heterocycles. The van der Waals surface area contributed by atoms with Crippen molar-refractivity contribution in [2.75, 3.05) is 18.4 Å². The number of nitrogens with one attached hydrogen (secondary N) is 2. The number of rotatable bonds is 5. The number of hydrogen-bond acceptors (Lipinski definition) is 2. The second-order valence-corrected chi connectivity index (χ2v) is 8.60. The molecule has 0 saturated carbocycles. The lowest BCUT2D eigenvalue weighted by Crippen LogP contribution is -2.41. The van der Waals surface area contributed by atoms with Crippen LogP contribution in [0.5, 0.6) is 0 Å². The lowest BCUT2D eigenvalue weighted by atomic mass is 9.89. The van der Waals surface area contributed by atoms with Gasteiger partial charge in [-0.05, 0) is 72.5 Å². The van der Waals surface area contributed by atoms with Crippen LogP contribution >= 0.6 is 11.6 Å². The zero-order chi connectivity index (χ0) is 23.2. The van der Waals surface area contributed by atoms with Gasteiger partial charge in [0.15, 0.2) is 0 Å². The molecule has 33 heavy (non-hydrogen) atoms. The summed E-state index contributed by atoms with van der Waals surface area (Å²) >= 11 is 5.91. The maximum Gasteiger partial charge on any atom is 0.321 e. The number of likely N-dealkylation sites (tertiary alicyclic amines) is 1. The molecule has 1 saturated heterocycles. The number of nitrogens with zero attached hydrogens (tertiary/aromatic N) is 1. The summed E-state index contributed by atoms with van der Waals surface area (Å²) in [4.78, 5) is 27.2. The van der Waals surface area contributed by atoms with Crippen molar-refractivity contribution in [2.24, 2.45) is 0 Å². The Bertz CT molecular complexity index is 1140. The Morgan fingerprint density at radius 3 is 2.61 bits per heavy atom. The number of amides is 3. The number of halogens is 2. The smallest absolute Gasteiger partial charge is 0.321 e. The van der Waals surface area contributed by atoms with Crippen LogP contribution in [0, 0.1) is 5.82 Å². The van der Waals surface area contributed by atoms with E-state index >= 15 is 0 Å². The van der Waals surface area contributed by atoms with Crippen molar-refractivity contribution >= 4 is 29.2 Å². The van der Waals surface area contributed by atoms with Gasteiger partial charge in [0.05, 0.1) is 0 Å². The van der Waals surface area contributed by atoms with Crippen LogP contribution in [0.4, 0.5) is 14.9 Å². The highest BCUT2D eigenvalue weighted by molar-refractivity contribution is 6.30. The fraction of sp³-hybridized carbons (Fsp3) is 0.231. The summed E-state index contributed by atoms with van der Waals surface area (Å²) in [6.45, 7) is 1.51. The van der Waals surface area contributed by atoms with Gasteiger partial charge in [-0.3, -0.25) is 4.79 Å². The van der Waals surface area contributed by atoms with Gasteiger partial charge in [0, 0.05) is 41.8 Å². The van der Waals surface area contributed by atoms with Crippen LogP contribution in [0.25, 0.3) is 0 Å². The fourth-order valence-corrected chi connectivity index (χ4v) is 4.16. The predicted molar refractivity (Wildman–Crippen MR) is 128 cm³/mol. The van der Waals surface area contributed by atoms with Gasteiger partial charge in [0.1, 0.15) is 5.82 Å². The van der Waals surface area contributed by atoms with Crippen molar-refractivity contribution in [3.8, 4) is 0 Å². The molecule has 4 rings (SSSR count). The first-order chi connectivity index (χ1) is 16.0. The van der Waals surface area contributed by atoms with E-state index in [0.717, 1.165) is 18.4 Å². The summed E-state index contributed by atoms with van der Waals surface area (Å²) in [5.41, 5.74) is 2.97. The van der Waals surface area contributed by atoms with Crippen molar-refractivity contribution in [3.05, 3.63) is 100 Å². The molecule has 2 N–H and O–H groups in total. The van der Waals surface area contributed by atoms with Gasteiger partial charge in [-0.1, -0.05) is 35.9 Å². The summed E-state index contributed by atoms with van der Waals surface area (Å²) < 4.78 is 13.3. The molecule has 3 aromatic rings. The molecule has 1 aliphatic heterocycles. The third kappa shape index (κ3) is 6.11. The van der Waals surface area contributed by atoms with Gasteiger partial charge in [-0.25, -0.2) is 9.18 Å². The summed E-state index contributed by atoms with van der Waals surface area (Å²) in [6, 6.07) is 20.5. The minimum absolute atomic E-state index is 0.144. The average Bonchev–Trinajstić information content (AvgIpc) is 2.84. The molecule has 1 heterocycles. The van der Waals surface area contributed by atoms with Crippen LogP contribution in [0.2, 0.25) is 5.02 Å². The molecule has 1 aliphatic rings. The van der Waals surface area contributed by atoms with Crippen LogP contribution in [-0.4, -0.2) is 29.9 Å². The quantitative estimate of drug-likeness (QED) is 0.498. The lowest BCUT2D eigenvalue weighted by molar-refractivity contribution is 0.0950. The van der Waals surface area contributed by atoms with E-state index in [0.29, 0.717) is 34.9 Å². The van der Waals surface area contributed by atoms with Crippen LogP contribution in [0.1, 0.15) is 40.2 Å². The molecule has 3 aromatic carbocycles. The summed E-state index contributed by atoms with van der Waals surface area (Å²) in [5, 5.41) is 6.37. The molecular weight excluding hydrogens is 441 g/mol. The second-order valence-electron chi connectivity index (χ2n) is 8.16. The highest BCUT2D eigenvalue weighted by atomic mass is 35.5. The van der Waals surface area contributed by atoms with Gasteiger partial charge >= 0.3 is 6.03 Å². The van der Waals surface area contributed by atoms with E-state index < -0.39 is 0 Å². The Morgan fingerprint density at radius 1 is 1.03 bits per heavy atom. The first kappa shape index (κ1) is 22.8. The van der Waals surface area contributed by atoms with Gasteiger partial charge in [-0.15, -0.1) is 0 Å². The van der Waals surface area contributed by atoms with Gasteiger partial charge in [-0.2, -0.15) is 0 Å². The van der Waals surface area contributed by atoms with Crippen LogP contribution in [0.3, 0.4) is 0 Å². The van der Waals surface area contributed by atoms with E-state index in [-0.39, 0.29) is 30.2 Å². The Balaban J connectivity index is 1.38. The highest BCUT2D eigenvalue weighted by Gasteiger charge is 2.25. The molecule has 0 unspecified atom stereocenters. The molecule has 0 spiro atoms. The highest BCUT2D eigenvalue weighted by Crippen LogP contribution is 2.28. The number of hydrogen-bond donors (Lipinski definition) is 2. The van der Waals surface area contributed by atoms with E-state index in [1.807, 2.05) is 18.2 Å². The molecule has 1 fully saturated rings. The third-order valence-corrected chi connectivity index (χ3v) is 6.02. The van der Waals surface area contributed by atoms with Crippen molar-refractivity contribution in [1.82, 2.24) is 10.2 Å². The molecule has 0 bridgehead atoms. The number of urea groups is 1. The predicted octanol–water partition coefficient (Wildman–Crippen LogP) is 5.82. The van der Waals surface area contributed by atoms with Crippen molar-refractivity contribution in [3.63, 3.8) is 0 Å². The van der Waals surface area contributed by atoms with Crippen molar-refractivity contribution in [2.45, 2.75) is 25.3 Å². The van der Waals surface area contributed by atoms with E-state index in [4.69, 9.17) is 11.6 Å². The van der Waals surface area contributed by atoms with Crippen LogP contribution in [-0.2, 0) is 6.54 Å². The average molecular weight is 466 g/mol. The number of benzene rings is 3. The molecule has 0 aliphatic carbocycles. The Labute approximate surface area is 197 Å². The molecule has 3 amide bonds. The SMILES string of the molecule is O=C(NCc1cccc(F)c1)c1cccc([C@@H]2CCCN(C(=O)Nc3ccc(Cl)cc3)C2)c1. The molecular formula is C26H25ClFN3O2. The minimum atomic E-state index is -0.328. The molecule has 7 heteroatoms. The summed E-state index contributed by atoms with van der Waals surface area (Å²) in [6.07, 6.45) is 1.83. The van der Waals surface area contributed by atoms with E-state index in [2.05, 4.69) is 10.6 Å². The monoisotopic (exact) mass is 465 g/mol. The molecule has 0 radical (unpaired) electrons. The zero-order valence-corrected chi connectivity index (χ0v) is 18.8. The van der Waals surface area contributed by atoms with E-state index in [1.54, 1.807) is 47.4 Å². The molecule has 170 valence electrons. The topological polar surface area (TPSA) is 61.4 Å². The van der Waals surface area contributed by atoms with E-state index in [1.165, 1.54) is 12.1 Å². The number of carbonyl (C=O) groups excluding carboxylic acids is 2. The standard InChI is InChI=1S/C26H25ClFN3O2/c27-22-9-11-24(12-10-22)30-26(33)31-13-3-7-21(17-31)19-5-2-6-20(15-19)25(32)29-16-18-4-1-8-23(28)14-18/h1-2,4-6,8-12,14-15,21H,3,7,13,16-17H2,(H,29,32)(H,30,33)/t21-/m1/s1. The van der Waals surface area contributed by atoms with Crippen LogP contribution < -0.4 is 10.6 Å².